The molecule has 2 rings (SSSR count). The van der Waals surface area contributed by atoms with Gasteiger partial charge < -0.3 is 5.11 Å². The summed E-state index contributed by atoms with van der Waals surface area (Å²) in [4.78, 5) is 28.8. The zero-order valence-electron chi connectivity index (χ0n) is 9.10. The van der Waals surface area contributed by atoms with Crippen molar-refractivity contribution in [2.75, 3.05) is 6.61 Å². The lowest BCUT2D eigenvalue weighted by molar-refractivity contribution is 0.0353. The molecular formula is C11H12N2O3. The summed E-state index contributed by atoms with van der Waals surface area (Å²) in [5.41, 5.74) is -0.247. The van der Waals surface area contributed by atoms with Crippen LogP contribution >= 0.6 is 0 Å². The van der Waals surface area contributed by atoms with Gasteiger partial charge in [-0.15, -0.1) is 0 Å². The van der Waals surface area contributed by atoms with Crippen LogP contribution in [0.3, 0.4) is 0 Å². The molecule has 0 unspecified atom stereocenters. The van der Waals surface area contributed by atoms with Crippen molar-refractivity contribution in [1.82, 2.24) is 9.88 Å². The molecule has 0 saturated carbocycles. The summed E-state index contributed by atoms with van der Waals surface area (Å²) >= 11 is 0. The second-order valence-corrected chi connectivity index (χ2v) is 4.34. The number of hydrogen-bond acceptors (Lipinski definition) is 4. The largest absolute Gasteiger partial charge is 0.394 e. The predicted octanol–water partition coefficient (Wildman–Crippen LogP) is 0.449. The SMILES string of the molecule is CC(C)(CO)N1C(=O)c2ccncc2C1=O. The summed E-state index contributed by atoms with van der Waals surface area (Å²) in [6.07, 6.45) is 2.85. The number of pyridine rings is 1. The fraction of sp³-hybridized carbons (Fsp3) is 0.364. The molecule has 2 heterocycles. The van der Waals surface area contributed by atoms with Gasteiger partial charge in [0.05, 0.1) is 23.3 Å². The lowest BCUT2D eigenvalue weighted by atomic mass is 10.0. The number of imide groups is 1. The van der Waals surface area contributed by atoms with E-state index in [1.807, 2.05) is 0 Å². The fourth-order valence-electron chi connectivity index (χ4n) is 1.71. The summed E-state index contributed by atoms with van der Waals surface area (Å²) in [6.45, 7) is 3.01. The summed E-state index contributed by atoms with van der Waals surface area (Å²) in [6, 6.07) is 1.52. The second kappa shape index (κ2) is 3.38. The zero-order valence-corrected chi connectivity index (χ0v) is 9.10. The smallest absolute Gasteiger partial charge is 0.263 e. The molecule has 0 radical (unpaired) electrons. The zero-order chi connectivity index (χ0) is 11.9. The number of amides is 2. The number of carbonyl (C=O) groups is 2. The maximum Gasteiger partial charge on any atom is 0.263 e. The molecule has 0 fully saturated rings. The molecular weight excluding hydrogens is 208 g/mol. The first kappa shape index (κ1) is 10.8. The highest BCUT2D eigenvalue weighted by Gasteiger charge is 2.43. The van der Waals surface area contributed by atoms with Gasteiger partial charge in [0.2, 0.25) is 0 Å². The number of hydrogen-bond donors (Lipinski definition) is 1. The molecule has 0 aromatic carbocycles. The first-order valence-corrected chi connectivity index (χ1v) is 4.93. The van der Waals surface area contributed by atoms with Crippen LogP contribution in [0, 0.1) is 0 Å². The van der Waals surface area contributed by atoms with Crippen LogP contribution in [0.1, 0.15) is 34.6 Å². The summed E-state index contributed by atoms with van der Waals surface area (Å²) in [5, 5.41) is 9.21. The molecule has 1 aromatic rings. The Balaban J connectivity index is 2.51. The molecule has 1 N–H and O–H groups in total. The van der Waals surface area contributed by atoms with Crippen LogP contribution < -0.4 is 0 Å². The van der Waals surface area contributed by atoms with Crippen molar-refractivity contribution < 1.29 is 14.7 Å². The van der Waals surface area contributed by atoms with E-state index in [1.54, 1.807) is 13.8 Å². The van der Waals surface area contributed by atoms with Gasteiger partial charge in [-0.2, -0.15) is 0 Å². The monoisotopic (exact) mass is 220 g/mol. The molecule has 2 amide bonds. The number of aromatic nitrogens is 1. The van der Waals surface area contributed by atoms with E-state index in [0.717, 1.165) is 4.90 Å². The topological polar surface area (TPSA) is 70.5 Å². The van der Waals surface area contributed by atoms with Crippen LogP contribution in [-0.2, 0) is 0 Å². The molecule has 0 saturated heterocycles. The van der Waals surface area contributed by atoms with Gasteiger partial charge in [0, 0.05) is 12.4 Å². The number of aliphatic hydroxyl groups excluding tert-OH is 1. The number of rotatable bonds is 2. The van der Waals surface area contributed by atoms with E-state index in [2.05, 4.69) is 4.98 Å². The van der Waals surface area contributed by atoms with Gasteiger partial charge in [0.25, 0.3) is 11.8 Å². The van der Waals surface area contributed by atoms with Gasteiger partial charge >= 0.3 is 0 Å². The second-order valence-electron chi connectivity index (χ2n) is 4.34. The van der Waals surface area contributed by atoms with Gasteiger partial charge in [-0.1, -0.05) is 0 Å². The average Bonchev–Trinajstić information content (AvgIpc) is 2.53. The number of aliphatic hydroxyl groups is 1. The van der Waals surface area contributed by atoms with Crippen molar-refractivity contribution in [2.45, 2.75) is 19.4 Å². The van der Waals surface area contributed by atoms with Crippen LogP contribution in [0.4, 0.5) is 0 Å². The van der Waals surface area contributed by atoms with Gasteiger partial charge in [-0.05, 0) is 19.9 Å². The van der Waals surface area contributed by atoms with Crippen LogP contribution in [0.5, 0.6) is 0 Å². The molecule has 16 heavy (non-hydrogen) atoms. The number of fused-ring (bicyclic) bond motifs is 1. The van der Waals surface area contributed by atoms with E-state index in [0.29, 0.717) is 11.1 Å². The highest BCUT2D eigenvalue weighted by atomic mass is 16.3. The molecule has 1 aliphatic rings. The minimum absolute atomic E-state index is 0.272. The molecule has 1 aliphatic heterocycles. The fourth-order valence-corrected chi connectivity index (χ4v) is 1.71. The van der Waals surface area contributed by atoms with Crippen molar-refractivity contribution in [3.63, 3.8) is 0 Å². The summed E-state index contributed by atoms with van der Waals surface area (Å²) in [5.74, 6) is -0.770. The Morgan fingerprint density at radius 3 is 2.50 bits per heavy atom. The van der Waals surface area contributed by atoms with Gasteiger partial charge in [-0.25, -0.2) is 0 Å². The number of carbonyl (C=O) groups excluding carboxylic acids is 2. The maximum absolute atomic E-state index is 12.0. The third-order valence-corrected chi connectivity index (χ3v) is 2.68. The minimum Gasteiger partial charge on any atom is -0.394 e. The average molecular weight is 220 g/mol. The lowest BCUT2D eigenvalue weighted by Crippen LogP contribution is -2.50. The van der Waals surface area contributed by atoms with Crippen molar-refractivity contribution in [2.24, 2.45) is 0 Å². The molecule has 1 aromatic heterocycles. The standard InChI is InChI=1S/C11H12N2O3/c1-11(2,6-14)13-9(15)7-3-4-12-5-8(7)10(13)16/h3-5,14H,6H2,1-2H3. The normalized spacial score (nSPS) is 15.6. The minimum atomic E-state index is -0.896. The van der Waals surface area contributed by atoms with Crippen LogP contribution in [0.2, 0.25) is 0 Å². The highest BCUT2D eigenvalue weighted by Crippen LogP contribution is 2.28. The Morgan fingerprint density at radius 1 is 1.31 bits per heavy atom. The van der Waals surface area contributed by atoms with Crippen molar-refractivity contribution in [3.05, 3.63) is 29.6 Å². The first-order chi connectivity index (χ1) is 7.49. The molecule has 5 nitrogen and oxygen atoms in total. The van der Waals surface area contributed by atoms with E-state index in [-0.39, 0.29) is 12.5 Å². The van der Waals surface area contributed by atoms with Crippen LogP contribution in [0.15, 0.2) is 18.5 Å². The molecule has 84 valence electrons. The van der Waals surface area contributed by atoms with E-state index >= 15 is 0 Å². The van der Waals surface area contributed by atoms with E-state index < -0.39 is 11.4 Å². The molecule has 0 spiro atoms. The maximum atomic E-state index is 12.0. The van der Waals surface area contributed by atoms with E-state index in [9.17, 15) is 14.7 Å². The van der Waals surface area contributed by atoms with Gasteiger partial charge in [0.1, 0.15) is 0 Å². The quantitative estimate of drug-likeness (QED) is 0.734. The third-order valence-electron chi connectivity index (χ3n) is 2.68. The molecule has 0 atom stereocenters. The Kier molecular flexibility index (Phi) is 2.27. The molecule has 0 bridgehead atoms. The Morgan fingerprint density at radius 2 is 1.94 bits per heavy atom. The van der Waals surface area contributed by atoms with Gasteiger partial charge in [0.15, 0.2) is 0 Å². The number of nitrogens with zero attached hydrogens (tertiary/aromatic N) is 2. The van der Waals surface area contributed by atoms with Crippen LogP contribution in [-0.4, -0.2) is 39.0 Å². The van der Waals surface area contributed by atoms with Crippen LogP contribution in [0.25, 0.3) is 0 Å². The van der Waals surface area contributed by atoms with Crippen molar-refractivity contribution in [3.8, 4) is 0 Å². The third kappa shape index (κ3) is 1.32. The molecule has 0 aliphatic carbocycles. The first-order valence-electron chi connectivity index (χ1n) is 4.93. The lowest BCUT2D eigenvalue weighted by Gasteiger charge is -2.31. The van der Waals surface area contributed by atoms with E-state index in [4.69, 9.17) is 0 Å². The Hall–Kier alpha value is -1.75. The molecule has 5 heteroatoms. The summed E-state index contributed by atoms with van der Waals surface area (Å²) in [7, 11) is 0. The highest BCUT2D eigenvalue weighted by molar-refractivity contribution is 6.21. The van der Waals surface area contributed by atoms with Crippen molar-refractivity contribution >= 4 is 11.8 Å². The van der Waals surface area contributed by atoms with E-state index in [1.165, 1.54) is 18.5 Å². The Bertz CT molecular complexity index is 433. The summed E-state index contributed by atoms with van der Waals surface area (Å²) < 4.78 is 0. The van der Waals surface area contributed by atoms with Crippen molar-refractivity contribution in [1.29, 1.82) is 0 Å². The predicted molar refractivity (Wildman–Crippen MR) is 55.9 cm³/mol. The van der Waals surface area contributed by atoms with Gasteiger partial charge in [-0.3, -0.25) is 19.5 Å². The Labute approximate surface area is 92.7 Å².